The van der Waals surface area contributed by atoms with E-state index in [1.807, 2.05) is 35.2 Å². The van der Waals surface area contributed by atoms with Crippen LogP contribution in [0, 0.1) is 0 Å². The third-order valence-corrected chi connectivity index (χ3v) is 5.64. The summed E-state index contributed by atoms with van der Waals surface area (Å²) < 4.78 is 30.9. The first kappa shape index (κ1) is 18.8. The van der Waals surface area contributed by atoms with Crippen molar-refractivity contribution < 1.29 is 8.42 Å². The first-order chi connectivity index (χ1) is 14.1. The molecule has 2 N–H and O–H groups in total. The van der Waals surface area contributed by atoms with Gasteiger partial charge in [0.25, 0.3) is 0 Å². The van der Waals surface area contributed by atoms with Gasteiger partial charge in [0.2, 0.25) is 10.0 Å². The van der Waals surface area contributed by atoms with E-state index in [-0.39, 0.29) is 11.4 Å². The lowest BCUT2D eigenvalue weighted by Crippen LogP contribution is -2.29. The molecule has 29 heavy (non-hydrogen) atoms. The van der Waals surface area contributed by atoms with Crippen molar-refractivity contribution in [3.63, 3.8) is 0 Å². The van der Waals surface area contributed by atoms with Gasteiger partial charge in [0, 0.05) is 37.9 Å². The molecule has 0 saturated heterocycles. The van der Waals surface area contributed by atoms with E-state index < -0.39 is 10.0 Å². The van der Waals surface area contributed by atoms with Crippen LogP contribution in [-0.2, 0) is 10.0 Å². The second kappa shape index (κ2) is 8.25. The van der Waals surface area contributed by atoms with Crippen LogP contribution in [-0.4, -0.2) is 46.1 Å². The van der Waals surface area contributed by atoms with Gasteiger partial charge >= 0.3 is 0 Å². The predicted octanol–water partition coefficient (Wildman–Crippen LogP) is 1.84. The molecule has 0 aliphatic heterocycles. The minimum Gasteiger partial charge on any atom is -0.367 e. The second-order valence-electron chi connectivity index (χ2n) is 6.14. The molecule has 4 rings (SSSR count). The van der Waals surface area contributed by atoms with Gasteiger partial charge in [0.15, 0.2) is 5.82 Å². The minimum absolute atomic E-state index is 0.198. The maximum atomic E-state index is 12.4. The number of hydrogen-bond acceptors (Lipinski definition) is 6. The van der Waals surface area contributed by atoms with Crippen LogP contribution < -0.4 is 10.0 Å². The standard InChI is InChI=1S/C19H19N7O2S/c27-29(28,17-6-4-16(5-7-17)26-15-3-10-21-26)22-12-11-20-18-8-9-19(24-23-18)25-13-1-2-14-25/h1-10,13-15,22H,11-12H2,(H,20,23). The van der Waals surface area contributed by atoms with Crippen molar-refractivity contribution in [2.75, 3.05) is 18.4 Å². The summed E-state index contributed by atoms with van der Waals surface area (Å²) in [6.45, 7) is 0.590. The zero-order chi connectivity index (χ0) is 20.1. The number of nitrogens with one attached hydrogen (secondary N) is 2. The van der Waals surface area contributed by atoms with Crippen molar-refractivity contribution in [3.05, 3.63) is 79.4 Å². The summed E-state index contributed by atoms with van der Waals surface area (Å²) in [5.74, 6) is 1.28. The Bertz CT molecular complexity index is 1140. The summed E-state index contributed by atoms with van der Waals surface area (Å²) in [5.41, 5.74) is 0.789. The summed E-state index contributed by atoms with van der Waals surface area (Å²) in [4.78, 5) is 0.198. The van der Waals surface area contributed by atoms with Crippen LogP contribution in [0.4, 0.5) is 5.82 Å². The third-order valence-electron chi connectivity index (χ3n) is 4.16. The first-order valence-electron chi connectivity index (χ1n) is 8.92. The molecule has 1 aromatic carbocycles. The molecule has 4 aromatic rings. The SMILES string of the molecule is O=S(=O)(NCCNc1ccc(-n2cccc2)nn1)c1ccc(-n2cccn2)cc1. The number of sulfonamides is 1. The van der Waals surface area contributed by atoms with Gasteiger partial charge in [-0.25, -0.2) is 17.8 Å². The molecule has 0 spiro atoms. The van der Waals surface area contributed by atoms with Gasteiger partial charge < -0.3 is 9.88 Å². The molecule has 0 radical (unpaired) electrons. The van der Waals surface area contributed by atoms with Crippen LogP contribution in [0.25, 0.3) is 11.5 Å². The number of benzene rings is 1. The highest BCUT2D eigenvalue weighted by atomic mass is 32.2. The summed E-state index contributed by atoms with van der Waals surface area (Å²) in [7, 11) is -3.60. The maximum absolute atomic E-state index is 12.4. The number of rotatable bonds is 8. The molecular weight excluding hydrogens is 390 g/mol. The number of aromatic nitrogens is 5. The van der Waals surface area contributed by atoms with Gasteiger partial charge in [0.05, 0.1) is 10.6 Å². The molecular formula is C19H19N7O2S. The normalized spacial score (nSPS) is 11.4. The molecule has 148 valence electrons. The van der Waals surface area contributed by atoms with Crippen molar-refractivity contribution in [3.8, 4) is 11.5 Å². The number of hydrogen-bond donors (Lipinski definition) is 2. The van der Waals surface area contributed by atoms with E-state index >= 15 is 0 Å². The number of nitrogens with zero attached hydrogens (tertiary/aromatic N) is 5. The van der Waals surface area contributed by atoms with Crippen LogP contribution in [0.5, 0.6) is 0 Å². The fourth-order valence-corrected chi connectivity index (χ4v) is 3.74. The van der Waals surface area contributed by atoms with Crippen molar-refractivity contribution in [1.29, 1.82) is 0 Å². The second-order valence-corrected chi connectivity index (χ2v) is 7.90. The third kappa shape index (κ3) is 4.50. The smallest absolute Gasteiger partial charge is 0.240 e. The Hall–Kier alpha value is -3.50. The molecule has 9 nitrogen and oxygen atoms in total. The van der Waals surface area contributed by atoms with Gasteiger partial charge in [-0.2, -0.15) is 5.10 Å². The minimum atomic E-state index is -3.60. The van der Waals surface area contributed by atoms with Gasteiger partial charge in [-0.1, -0.05) is 0 Å². The van der Waals surface area contributed by atoms with Crippen molar-refractivity contribution in [2.45, 2.75) is 4.90 Å². The summed E-state index contributed by atoms with van der Waals surface area (Å²) in [6, 6.07) is 15.8. The van der Waals surface area contributed by atoms with Crippen molar-refractivity contribution >= 4 is 15.8 Å². The molecule has 0 unspecified atom stereocenters. The Kier molecular flexibility index (Phi) is 5.36. The van der Waals surface area contributed by atoms with Gasteiger partial charge in [-0.05, 0) is 54.6 Å². The summed E-state index contributed by atoms with van der Waals surface area (Å²) in [5, 5.41) is 15.4. The fourth-order valence-electron chi connectivity index (χ4n) is 2.70. The molecule has 3 aromatic heterocycles. The monoisotopic (exact) mass is 409 g/mol. The zero-order valence-electron chi connectivity index (χ0n) is 15.4. The molecule has 0 aliphatic rings. The van der Waals surface area contributed by atoms with Gasteiger partial charge in [-0.15, -0.1) is 10.2 Å². The largest absolute Gasteiger partial charge is 0.367 e. The average molecular weight is 409 g/mol. The molecule has 0 amide bonds. The highest BCUT2D eigenvalue weighted by Gasteiger charge is 2.13. The van der Waals surface area contributed by atoms with E-state index in [1.165, 1.54) is 0 Å². The molecule has 3 heterocycles. The summed E-state index contributed by atoms with van der Waals surface area (Å²) in [6.07, 6.45) is 7.22. The van der Waals surface area contributed by atoms with Crippen molar-refractivity contribution in [2.24, 2.45) is 0 Å². The molecule has 10 heteroatoms. The molecule has 0 aliphatic carbocycles. The quantitative estimate of drug-likeness (QED) is 0.430. The highest BCUT2D eigenvalue weighted by Crippen LogP contribution is 2.13. The summed E-state index contributed by atoms with van der Waals surface area (Å²) >= 11 is 0. The fraction of sp³-hybridized carbons (Fsp3) is 0.105. The van der Waals surface area contributed by atoms with E-state index in [0.29, 0.717) is 18.2 Å². The highest BCUT2D eigenvalue weighted by molar-refractivity contribution is 7.89. The molecule has 0 bridgehead atoms. The van der Waals surface area contributed by atoms with Crippen LogP contribution in [0.15, 0.2) is 84.3 Å². The molecule has 0 fully saturated rings. The Morgan fingerprint density at radius 2 is 1.66 bits per heavy atom. The van der Waals surface area contributed by atoms with E-state index in [0.717, 1.165) is 5.69 Å². The van der Waals surface area contributed by atoms with Crippen molar-refractivity contribution in [1.82, 2.24) is 29.3 Å². The lowest BCUT2D eigenvalue weighted by atomic mass is 10.3. The van der Waals surface area contributed by atoms with E-state index in [1.54, 1.807) is 53.5 Å². The first-order valence-corrected chi connectivity index (χ1v) is 10.4. The topological polar surface area (TPSA) is 107 Å². The van der Waals surface area contributed by atoms with E-state index in [9.17, 15) is 8.42 Å². The lowest BCUT2D eigenvalue weighted by Gasteiger charge is -2.09. The Balaban J connectivity index is 1.29. The van der Waals surface area contributed by atoms with E-state index in [2.05, 4.69) is 25.3 Å². The predicted molar refractivity (Wildman–Crippen MR) is 109 cm³/mol. The van der Waals surface area contributed by atoms with Crippen LogP contribution >= 0.6 is 0 Å². The maximum Gasteiger partial charge on any atom is 0.240 e. The Morgan fingerprint density at radius 3 is 2.31 bits per heavy atom. The average Bonchev–Trinajstić information content (AvgIpc) is 3.46. The Labute approximate surface area is 168 Å². The zero-order valence-corrected chi connectivity index (χ0v) is 16.2. The molecule has 0 atom stereocenters. The van der Waals surface area contributed by atoms with Gasteiger partial charge in [0.1, 0.15) is 5.82 Å². The van der Waals surface area contributed by atoms with E-state index in [4.69, 9.17) is 0 Å². The van der Waals surface area contributed by atoms with Crippen LogP contribution in [0.1, 0.15) is 0 Å². The number of anilines is 1. The van der Waals surface area contributed by atoms with Gasteiger partial charge in [-0.3, -0.25) is 0 Å². The van der Waals surface area contributed by atoms with Crippen LogP contribution in [0.3, 0.4) is 0 Å². The Morgan fingerprint density at radius 1 is 0.862 bits per heavy atom. The lowest BCUT2D eigenvalue weighted by molar-refractivity contribution is 0.583. The molecule has 0 saturated carbocycles. The van der Waals surface area contributed by atoms with Crippen LogP contribution in [0.2, 0.25) is 0 Å².